The summed E-state index contributed by atoms with van der Waals surface area (Å²) in [6.07, 6.45) is 1.78. The van der Waals surface area contributed by atoms with Gasteiger partial charge in [-0.15, -0.1) is 0 Å². The van der Waals surface area contributed by atoms with E-state index in [2.05, 4.69) is 27.0 Å². The number of hydrogen-bond acceptors (Lipinski definition) is 4. The number of benzene rings is 1. The highest BCUT2D eigenvalue weighted by atomic mass is 79.9. The third kappa shape index (κ3) is 3.57. The van der Waals surface area contributed by atoms with Crippen LogP contribution >= 0.6 is 15.9 Å². The Morgan fingerprint density at radius 2 is 2.04 bits per heavy atom. The molecule has 1 amide bonds. The number of nitrogens with zero attached hydrogens (tertiary/aromatic N) is 4. The largest absolute Gasteiger partial charge is 0.346 e. The van der Waals surface area contributed by atoms with Crippen LogP contribution in [0.15, 0.2) is 41.0 Å². The van der Waals surface area contributed by atoms with Crippen LogP contribution in [0.4, 0.5) is 5.82 Å². The lowest BCUT2D eigenvalue weighted by Crippen LogP contribution is -2.50. The van der Waals surface area contributed by atoms with Gasteiger partial charge in [0.25, 0.3) is 0 Å². The van der Waals surface area contributed by atoms with Gasteiger partial charge in [-0.2, -0.15) is 5.26 Å². The van der Waals surface area contributed by atoms with Crippen LogP contribution in [0, 0.1) is 18.3 Å². The van der Waals surface area contributed by atoms with E-state index in [9.17, 15) is 4.79 Å². The molecule has 6 heteroatoms. The number of anilines is 1. The van der Waals surface area contributed by atoms with Crippen molar-refractivity contribution in [1.82, 2.24) is 9.88 Å². The van der Waals surface area contributed by atoms with E-state index in [-0.39, 0.29) is 5.91 Å². The number of carbonyl (C=O) groups excluding carboxylic acids is 1. The minimum atomic E-state index is 0.0907. The van der Waals surface area contributed by atoms with Gasteiger partial charge in [0.05, 0.1) is 18.2 Å². The van der Waals surface area contributed by atoms with Crippen LogP contribution in [-0.2, 0) is 11.3 Å². The number of aromatic nitrogens is 1. The number of aryl methyl sites for hydroxylation is 1. The highest BCUT2D eigenvalue weighted by Crippen LogP contribution is 2.21. The zero-order chi connectivity index (χ0) is 17.1. The lowest BCUT2D eigenvalue weighted by molar-refractivity contribution is -0.131. The average molecular weight is 385 g/mol. The first kappa shape index (κ1) is 16.5. The summed E-state index contributed by atoms with van der Waals surface area (Å²) < 4.78 is 0.969. The molecule has 24 heavy (non-hydrogen) atoms. The molecule has 0 unspecified atom stereocenters. The van der Waals surface area contributed by atoms with E-state index >= 15 is 0 Å². The molecule has 122 valence electrons. The fraction of sp³-hybridized carbons (Fsp3) is 0.278. The molecule has 1 aromatic heterocycles. The van der Waals surface area contributed by atoms with Gasteiger partial charge in [-0.25, -0.2) is 4.98 Å². The molecule has 0 spiro atoms. The zero-order valence-electron chi connectivity index (χ0n) is 13.4. The van der Waals surface area contributed by atoms with E-state index in [1.54, 1.807) is 18.3 Å². The Kier molecular flexibility index (Phi) is 4.81. The summed E-state index contributed by atoms with van der Waals surface area (Å²) in [6.45, 7) is 4.35. The van der Waals surface area contributed by atoms with Crippen LogP contribution in [0.25, 0.3) is 0 Å². The van der Waals surface area contributed by atoms with Crippen LogP contribution in [0.3, 0.4) is 0 Å². The van der Waals surface area contributed by atoms with Gasteiger partial charge in [-0.05, 0) is 52.2 Å². The predicted octanol–water partition coefficient (Wildman–Crippen LogP) is 2.87. The number of piperazine rings is 1. The molecule has 2 aromatic rings. The Hall–Kier alpha value is -2.39. The highest BCUT2D eigenvalue weighted by Gasteiger charge is 2.25. The predicted molar refractivity (Wildman–Crippen MR) is 95.5 cm³/mol. The van der Waals surface area contributed by atoms with Gasteiger partial charge in [-0.1, -0.05) is 12.1 Å². The maximum Gasteiger partial charge on any atom is 0.242 e. The molecule has 1 fully saturated rings. The Morgan fingerprint density at radius 3 is 2.67 bits per heavy atom. The third-order valence-corrected chi connectivity index (χ3v) is 4.96. The van der Waals surface area contributed by atoms with Crippen molar-refractivity contribution in [2.75, 3.05) is 24.5 Å². The van der Waals surface area contributed by atoms with Crippen molar-refractivity contribution in [3.05, 3.63) is 57.7 Å². The Morgan fingerprint density at radius 1 is 1.29 bits per heavy atom. The van der Waals surface area contributed by atoms with Gasteiger partial charge >= 0.3 is 0 Å². The van der Waals surface area contributed by atoms with Crippen molar-refractivity contribution in [2.45, 2.75) is 13.5 Å². The van der Waals surface area contributed by atoms with E-state index in [0.29, 0.717) is 25.2 Å². The Bertz CT molecular complexity index is 798. The standard InChI is InChI=1S/C18H17BrN4O/c1-13-8-17(21-10-16(13)19)22-6-7-23(18(24)12-22)11-15-4-2-14(9-20)3-5-15/h2-5,8,10H,6-7,11-12H2,1H3. The minimum Gasteiger partial charge on any atom is -0.346 e. The second kappa shape index (κ2) is 7.02. The van der Waals surface area contributed by atoms with Gasteiger partial charge in [0.15, 0.2) is 0 Å². The number of halogens is 1. The van der Waals surface area contributed by atoms with Crippen molar-refractivity contribution in [2.24, 2.45) is 0 Å². The van der Waals surface area contributed by atoms with Crippen molar-refractivity contribution in [3.63, 3.8) is 0 Å². The van der Waals surface area contributed by atoms with Gasteiger partial charge in [0.2, 0.25) is 5.91 Å². The highest BCUT2D eigenvalue weighted by molar-refractivity contribution is 9.10. The smallest absolute Gasteiger partial charge is 0.242 e. The fourth-order valence-electron chi connectivity index (χ4n) is 2.67. The number of hydrogen-bond donors (Lipinski definition) is 0. The molecule has 0 N–H and O–H groups in total. The molecular formula is C18H17BrN4O. The van der Waals surface area contributed by atoms with Gasteiger partial charge in [0, 0.05) is 30.3 Å². The maximum absolute atomic E-state index is 12.5. The number of nitriles is 1. The SMILES string of the molecule is Cc1cc(N2CCN(Cc3ccc(C#N)cc3)C(=O)C2)ncc1Br. The van der Waals surface area contributed by atoms with E-state index in [4.69, 9.17) is 5.26 Å². The van der Waals surface area contributed by atoms with Crippen molar-refractivity contribution in [3.8, 4) is 6.07 Å². The number of pyridine rings is 1. The summed E-state index contributed by atoms with van der Waals surface area (Å²) in [7, 11) is 0. The van der Waals surface area contributed by atoms with Crippen LogP contribution in [0.5, 0.6) is 0 Å². The summed E-state index contributed by atoms with van der Waals surface area (Å²) in [6, 6.07) is 11.5. The molecule has 0 atom stereocenters. The zero-order valence-corrected chi connectivity index (χ0v) is 15.0. The molecule has 1 aliphatic heterocycles. The normalized spacial score (nSPS) is 14.6. The van der Waals surface area contributed by atoms with Gasteiger partial charge in [-0.3, -0.25) is 4.79 Å². The summed E-state index contributed by atoms with van der Waals surface area (Å²) in [4.78, 5) is 20.7. The molecule has 0 radical (unpaired) electrons. The van der Waals surface area contributed by atoms with Gasteiger partial charge in [0.1, 0.15) is 5.82 Å². The fourth-order valence-corrected chi connectivity index (χ4v) is 2.89. The van der Waals surface area contributed by atoms with Gasteiger partial charge < -0.3 is 9.80 Å². The average Bonchev–Trinajstić information content (AvgIpc) is 2.60. The molecule has 1 saturated heterocycles. The molecular weight excluding hydrogens is 368 g/mol. The molecule has 0 saturated carbocycles. The summed E-state index contributed by atoms with van der Waals surface area (Å²) >= 11 is 3.45. The third-order valence-electron chi connectivity index (χ3n) is 4.13. The van der Waals surface area contributed by atoms with Crippen LogP contribution < -0.4 is 4.90 Å². The molecule has 1 aromatic carbocycles. The lowest BCUT2D eigenvalue weighted by atomic mass is 10.1. The van der Waals surface area contributed by atoms with E-state index in [0.717, 1.165) is 28.0 Å². The van der Waals surface area contributed by atoms with E-state index in [1.165, 1.54) is 0 Å². The lowest BCUT2D eigenvalue weighted by Gasteiger charge is -2.35. The molecule has 1 aliphatic rings. The second-order valence-corrected chi connectivity index (χ2v) is 6.69. The molecule has 2 heterocycles. The number of rotatable bonds is 3. The molecule has 0 bridgehead atoms. The Labute approximate surface area is 149 Å². The monoisotopic (exact) mass is 384 g/mol. The maximum atomic E-state index is 12.5. The number of amides is 1. The van der Waals surface area contributed by atoms with Crippen LogP contribution in [0.2, 0.25) is 0 Å². The van der Waals surface area contributed by atoms with Crippen molar-refractivity contribution < 1.29 is 4.79 Å². The van der Waals surface area contributed by atoms with E-state index in [1.807, 2.05) is 34.9 Å². The first-order valence-corrected chi connectivity index (χ1v) is 8.50. The van der Waals surface area contributed by atoms with Crippen LogP contribution in [-0.4, -0.2) is 35.4 Å². The van der Waals surface area contributed by atoms with E-state index < -0.39 is 0 Å². The minimum absolute atomic E-state index is 0.0907. The van der Waals surface area contributed by atoms with Crippen molar-refractivity contribution >= 4 is 27.7 Å². The molecule has 0 aliphatic carbocycles. The topological polar surface area (TPSA) is 60.2 Å². The molecule has 3 rings (SSSR count). The quantitative estimate of drug-likeness (QED) is 0.815. The summed E-state index contributed by atoms with van der Waals surface area (Å²) in [5, 5.41) is 8.84. The Balaban J connectivity index is 1.65. The first-order chi connectivity index (χ1) is 11.6. The molecule has 5 nitrogen and oxygen atoms in total. The first-order valence-electron chi connectivity index (χ1n) is 7.71. The summed E-state index contributed by atoms with van der Waals surface area (Å²) in [5.41, 5.74) is 2.77. The van der Waals surface area contributed by atoms with Crippen LogP contribution in [0.1, 0.15) is 16.7 Å². The summed E-state index contributed by atoms with van der Waals surface area (Å²) in [5.74, 6) is 0.926. The number of carbonyl (C=O) groups is 1. The van der Waals surface area contributed by atoms with Crippen molar-refractivity contribution in [1.29, 1.82) is 5.26 Å². The second-order valence-electron chi connectivity index (χ2n) is 5.84.